The first kappa shape index (κ1) is 20.3. The number of carbonyl (C=O) groups excluding carboxylic acids is 2. The molecule has 6 nitrogen and oxygen atoms in total. The van der Waals surface area contributed by atoms with E-state index in [1.807, 2.05) is 36.4 Å². The van der Waals surface area contributed by atoms with E-state index < -0.39 is 23.3 Å². The Kier molecular flexibility index (Phi) is 5.54. The molecule has 0 aliphatic heterocycles. The van der Waals surface area contributed by atoms with E-state index in [4.69, 9.17) is 9.15 Å². The molecule has 3 aromatic carbocycles. The molecule has 6 heteroatoms. The quantitative estimate of drug-likeness (QED) is 0.286. The average Bonchev–Trinajstić information content (AvgIpc) is 2.78. The molecule has 0 bridgehead atoms. The third kappa shape index (κ3) is 3.92. The highest BCUT2D eigenvalue weighted by Gasteiger charge is 2.29. The van der Waals surface area contributed by atoms with Crippen molar-refractivity contribution in [3.8, 4) is 5.75 Å². The molecule has 0 spiro atoms. The Labute approximate surface area is 177 Å². The fraction of sp³-hybridized carbons (Fsp3) is 0.160. The molecule has 1 atom stereocenters. The Balaban J connectivity index is 1.90. The lowest BCUT2D eigenvalue weighted by Gasteiger charge is -2.18. The number of hydrogen-bond acceptors (Lipinski definition) is 6. The summed E-state index contributed by atoms with van der Waals surface area (Å²) < 4.78 is 10.2. The lowest BCUT2D eigenvalue weighted by Crippen LogP contribution is -2.23. The number of benzene rings is 3. The SMILES string of the molecule is CCOC(=O)C(=O)C[C@H](c1ccc2ccccc2c1)c1c(O)c2ccccc2oc1=O. The van der Waals surface area contributed by atoms with Gasteiger partial charge in [0.15, 0.2) is 0 Å². The highest BCUT2D eigenvalue weighted by atomic mass is 16.5. The number of Topliss-reactive ketones (excluding diaryl/α,β-unsaturated/α-hetero) is 1. The van der Waals surface area contributed by atoms with Gasteiger partial charge >= 0.3 is 11.6 Å². The van der Waals surface area contributed by atoms with Crippen molar-refractivity contribution in [2.75, 3.05) is 6.61 Å². The van der Waals surface area contributed by atoms with Gasteiger partial charge < -0.3 is 14.3 Å². The van der Waals surface area contributed by atoms with E-state index in [1.165, 1.54) is 0 Å². The van der Waals surface area contributed by atoms with Crippen LogP contribution in [0.3, 0.4) is 0 Å². The molecular formula is C25H20O6. The molecule has 0 radical (unpaired) electrons. The van der Waals surface area contributed by atoms with E-state index in [2.05, 4.69) is 0 Å². The Bertz CT molecular complexity index is 1350. The summed E-state index contributed by atoms with van der Waals surface area (Å²) in [5, 5.41) is 13.2. The summed E-state index contributed by atoms with van der Waals surface area (Å²) in [5.41, 5.74) is 0.0228. The highest BCUT2D eigenvalue weighted by Crippen LogP contribution is 2.37. The molecule has 31 heavy (non-hydrogen) atoms. The number of ether oxygens (including phenoxy) is 1. The normalized spacial score (nSPS) is 12.0. The van der Waals surface area contributed by atoms with E-state index in [0.29, 0.717) is 10.9 Å². The average molecular weight is 416 g/mol. The van der Waals surface area contributed by atoms with Crippen LogP contribution in [0.15, 0.2) is 75.9 Å². The van der Waals surface area contributed by atoms with Gasteiger partial charge in [0, 0.05) is 12.3 Å². The van der Waals surface area contributed by atoms with Gasteiger partial charge in [-0.15, -0.1) is 0 Å². The molecule has 0 saturated carbocycles. The summed E-state index contributed by atoms with van der Waals surface area (Å²) in [6.45, 7) is 1.67. The third-order valence-corrected chi connectivity index (χ3v) is 5.24. The van der Waals surface area contributed by atoms with Gasteiger partial charge in [0.05, 0.1) is 17.6 Å². The van der Waals surface area contributed by atoms with Crippen LogP contribution in [0.2, 0.25) is 0 Å². The number of ketones is 1. The Morgan fingerprint density at radius 2 is 1.71 bits per heavy atom. The molecule has 0 unspecified atom stereocenters. The summed E-state index contributed by atoms with van der Waals surface area (Å²) in [5.74, 6) is -2.91. The second kappa shape index (κ2) is 8.44. The molecular weight excluding hydrogens is 396 g/mol. The molecule has 0 amide bonds. The lowest BCUT2D eigenvalue weighted by molar-refractivity contribution is -0.153. The van der Waals surface area contributed by atoms with Crippen molar-refractivity contribution in [1.82, 2.24) is 0 Å². The van der Waals surface area contributed by atoms with Crippen molar-refractivity contribution in [1.29, 1.82) is 0 Å². The minimum Gasteiger partial charge on any atom is -0.507 e. The third-order valence-electron chi connectivity index (χ3n) is 5.24. The van der Waals surface area contributed by atoms with E-state index in [0.717, 1.165) is 10.8 Å². The van der Waals surface area contributed by atoms with E-state index in [9.17, 15) is 19.5 Å². The van der Waals surface area contributed by atoms with Crippen LogP contribution in [0.5, 0.6) is 5.75 Å². The first-order valence-electron chi connectivity index (χ1n) is 9.93. The Morgan fingerprint density at radius 3 is 2.48 bits per heavy atom. The number of hydrogen-bond donors (Lipinski definition) is 1. The number of carbonyl (C=O) groups is 2. The molecule has 156 valence electrons. The summed E-state index contributed by atoms with van der Waals surface area (Å²) in [4.78, 5) is 37.4. The van der Waals surface area contributed by atoms with Crippen molar-refractivity contribution in [2.45, 2.75) is 19.3 Å². The van der Waals surface area contributed by atoms with Crippen LogP contribution in [0, 0.1) is 0 Å². The van der Waals surface area contributed by atoms with Gasteiger partial charge in [0.1, 0.15) is 11.3 Å². The molecule has 1 N–H and O–H groups in total. The lowest BCUT2D eigenvalue weighted by atomic mass is 9.86. The molecule has 0 aliphatic carbocycles. The zero-order valence-electron chi connectivity index (χ0n) is 16.8. The number of esters is 1. The van der Waals surface area contributed by atoms with Gasteiger partial charge in [-0.3, -0.25) is 4.79 Å². The van der Waals surface area contributed by atoms with Crippen LogP contribution in [-0.4, -0.2) is 23.5 Å². The fourth-order valence-corrected chi connectivity index (χ4v) is 3.75. The monoisotopic (exact) mass is 416 g/mol. The van der Waals surface area contributed by atoms with Crippen LogP contribution in [0.25, 0.3) is 21.7 Å². The van der Waals surface area contributed by atoms with E-state index in [-0.39, 0.29) is 29.9 Å². The molecule has 1 heterocycles. The summed E-state index contributed by atoms with van der Waals surface area (Å²) in [7, 11) is 0. The Morgan fingerprint density at radius 1 is 1.00 bits per heavy atom. The molecule has 4 aromatic rings. The van der Waals surface area contributed by atoms with Gasteiger partial charge in [0.2, 0.25) is 5.78 Å². The topological polar surface area (TPSA) is 93.8 Å². The first-order chi connectivity index (χ1) is 15.0. The summed E-state index contributed by atoms with van der Waals surface area (Å²) in [6, 6.07) is 19.7. The van der Waals surface area contributed by atoms with E-state index >= 15 is 0 Å². The maximum absolute atomic E-state index is 12.9. The van der Waals surface area contributed by atoms with E-state index in [1.54, 1.807) is 37.3 Å². The number of aromatic hydroxyl groups is 1. The number of fused-ring (bicyclic) bond motifs is 2. The van der Waals surface area contributed by atoms with Crippen LogP contribution >= 0.6 is 0 Å². The molecule has 1 aromatic heterocycles. The molecule has 4 rings (SSSR count). The van der Waals surface area contributed by atoms with Crippen molar-refractivity contribution in [3.63, 3.8) is 0 Å². The van der Waals surface area contributed by atoms with Crippen molar-refractivity contribution in [3.05, 3.63) is 88.3 Å². The van der Waals surface area contributed by atoms with Gasteiger partial charge in [0.25, 0.3) is 0 Å². The van der Waals surface area contributed by atoms with Crippen molar-refractivity contribution < 1.29 is 23.8 Å². The highest BCUT2D eigenvalue weighted by molar-refractivity contribution is 6.33. The Hall–Kier alpha value is -3.93. The first-order valence-corrected chi connectivity index (χ1v) is 9.93. The van der Waals surface area contributed by atoms with Crippen LogP contribution < -0.4 is 5.63 Å². The largest absolute Gasteiger partial charge is 0.507 e. The smallest absolute Gasteiger partial charge is 0.374 e. The summed E-state index contributed by atoms with van der Waals surface area (Å²) >= 11 is 0. The minimum absolute atomic E-state index is 0.0633. The van der Waals surface area contributed by atoms with Crippen molar-refractivity contribution >= 4 is 33.5 Å². The predicted octanol–water partition coefficient (Wildman–Crippen LogP) is 4.31. The van der Waals surface area contributed by atoms with Gasteiger partial charge in [-0.25, -0.2) is 9.59 Å². The molecule has 0 fully saturated rings. The minimum atomic E-state index is -0.974. The van der Waals surface area contributed by atoms with Crippen LogP contribution in [-0.2, 0) is 14.3 Å². The number of rotatable bonds is 6. The van der Waals surface area contributed by atoms with Gasteiger partial charge in [-0.05, 0) is 35.4 Å². The predicted molar refractivity (Wildman–Crippen MR) is 116 cm³/mol. The molecule has 0 aliphatic rings. The maximum atomic E-state index is 12.9. The maximum Gasteiger partial charge on any atom is 0.374 e. The van der Waals surface area contributed by atoms with Gasteiger partial charge in [-0.2, -0.15) is 0 Å². The van der Waals surface area contributed by atoms with Crippen LogP contribution in [0.1, 0.15) is 30.4 Å². The molecule has 0 saturated heterocycles. The zero-order valence-corrected chi connectivity index (χ0v) is 16.8. The second-order valence-corrected chi connectivity index (χ2v) is 7.15. The second-order valence-electron chi connectivity index (χ2n) is 7.15. The fourth-order valence-electron chi connectivity index (χ4n) is 3.75. The summed E-state index contributed by atoms with van der Waals surface area (Å²) in [6.07, 6.45) is -0.339. The standard InChI is InChI=1S/C25H20O6/c1-2-30-24(28)20(26)14-19(17-12-11-15-7-3-4-8-16(15)13-17)22-23(27)18-9-5-6-10-21(18)31-25(22)29/h3-13,19,27H,2,14H2,1H3/t19-/m1/s1. The number of para-hydroxylation sites is 1. The van der Waals surface area contributed by atoms with Crippen molar-refractivity contribution in [2.24, 2.45) is 0 Å². The van der Waals surface area contributed by atoms with Gasteiger partial charge in [-0.1, -0.05) is 54.6 Å². The van der Waals surface area contributed by atoms with Crippen LogP contribution in [0.4, 0.5) is 0 Å². The zero-order chi connectivity index (χ0) is 22.0.